The van der Waals surface area contributed by atoms with Crippen molar-refractivity contribution in [1.29, 1.82) is 0 Å². The number of halogens is 2. The van der Waals surface area contributed by atoms with Crippen LogP contribution in [0.2, 0.25) is 0 Å². The molecule has 4 N–H and O–H groups in total. The van der Waals surface area contributed by atoms with E-state index in [1.807, 2.05) is 24.3 Å². The molecular weight excluding hydrogens is 523 g/mol. The summed E-state index contributed by atoms with van der Waals surface area (Å²) in [5.74, 6) is 1.98. The van der Waals surface area contributed by atoms with E-state index in [0.717, 1.165) is 11.1 Å². The monoisotopic (exact) mass is 552 g/mol. The van der Waals surface area contributed by atoms with Crippen LogP contribution in [0.3, 0.4) is 0 Å². The molecule has 0 aliphatic carbocycles. The number of imidazole rings is 1. The fourth-order valence-electron chi connectivity index (χ4n) is 3.04. The van der Waals surface area contributed by atoms with Crippen LogP contribution in [0.1, 0.15) is 17.0 Å². The third-order valence-corrected chi connectivity index (χ3v) is 4.85. The van der Waals surface area contributed by atoms with Gasteiger partial charge in [0.05, 0.1) is 26.8 Å². The second kappa shape index (κ2) is 16.1. The first kappa shape index (κ1) is 31.3. The Hall–Kier alpha value is -3.73. The number of nitrogens with one attached hydrogen (secondary N) is 2. The molecule has 0 aliphatic heterocycles. The molecule has 200 valence electrons. The van der Waals surface area contributed by atoms with Crippen molar-refractivity contribution in [1.82, 2.24) is 15.3 Å². The first-order valence-electron chi connectivity index (χ1n) is 10.8. The number of hydrogen-bond donors (Lipinski definition) is 3. The summed E-state index contributed by atoms with van der Waals surface area (Å²) in [6.07, 6.45) is 6.49. The Bertz CT molecular complexity index is 1120. The zero-order valence-corrected chi connectivity index (χ0v) is 22.0. The second-order valence-corrected chi connectivity index (χ2v) is 7.39. The van der Waals surface area contributed by atoms with Gasteiger partial charge in [-0.1, -0.05) is 24.3 Å². The van der Waals surface area contributed by atoms with Gasteiger partial charge in [-0.25, -0.2) is 9.78 Å². The van der Waals surface area contributed by atoms with Crippen molar-refractivity contribution < 1.29 is 28.5 Å². The van der Waals surface area contributed by atoms with Gasteiger partial charge >= 0.3 is 6.16 Å². The topological polar surface area (TPSA) is 138 Å². The first-order valence-corrected chi connectivity index (χ1v) is 10.8. The van der Waals surface area contributed by atoms with Gasteiger partial charge in [-0.3, -0.25) is 4.79 Å². The molecule has 37 heavy (non-hydrogen) atoms. The Kier molecular flexibility index (Phi) is 13.6. The van der Waals surface area contributed by atoms with Crippen molar-refractivity contribution >= 4 is 49.0 Å². The lowest BCUT2D eigenvalue weighted by Crippen LogP contribution is -2.43. The largest absolute Gasteiger partial charge is 0.513 e. The molecule has 0 aliphatic rings. The SMILES string of the molecule is COc1cc(C=Cc2ccc(OC(=O)OCCNC(=O)C(N)Cc3ncc[nH]3)cc2)cc(OC)c1.Cl.Cl. The van der Waals surface area contributed by atoms with Crippen LogP contribution < -0.4 is 25.3 Å². The highest BCUT2D eigenvalue weighted by Crippen LogP contribution is 2.24. The number of aromatic amines is 1. The van der Waals surface area contributed by atoms with Crippen molar-refractivity contribution in [3.63, 3.8) is 0 Å². The zero-order valence-electron chi connectivity index (χ0n) is 20.3. The standard InChI is InChI=1S/C25H28N4O6.2ClH/c1-32-20-13-18(14-21(15-20)33-2)4-3-17-5-7-19(8-6-17)35-25(31)34-12-11-29-24(30)22(26)16-23-27-9-10-28-23;;/h3-10,13-15,22H,11-12,16,26H2,1-2H3,(H,27,28)(H,29,30);2*1H. The Balaban J connectivity index is 0.00000342. The van der Waals surface area contributed by atoms with E-state index in [0.29, 0.717) is 23.1 Å². The summed E-state index contributed by atoms with van der Waals surface area (Å²) in [4.78, 5) is 30.8. The first-order chi connectivity index (χ1) is 17.0. The molecule has 1 amide bonds. The molecule has 12 heteroatoms. The van der Waals surface area contributed by atoms with Gasteiger partial charge in [-0.05, 0) is 35.4 Å². The van der Waals surface area contributed by atoms with E-state index in [-0.39, 0.29) is 50.3 Å². The van der Waals surface area contributed by atoms with Gasteiger partial charge in [0, 0.05) is 24.9 Å². The van der Waals surface area contributed by atoms with E-state index in [4.69, 9.17) is 24.7 Å². The molecule has 0 spiro atoms. The average Bonchev–Trinajstić information content (AvgIpc) is 3.38. The molecule has 0 bridgehead atoms. The molecule has 1 unspecified atom stereocenters. The highest BCUT2D eigenvalue weighted by atomic mass is 35.5. The molecule has 0 saturated heterocycles. The normalized spacial score (nSPS) is 11.0. The molecule has 1 atom stereocenters. The molecular formula is C25H30Cl2N4O6. The van der Waals surface area contributed by atoms with Crippen molar-refractivity contribution in [2.45, 2.75) is 12.5 Å². The van der Waals surface area contributed by atoms with Gasteiger partial charge in [0.1, 0.15) is 29.7 Å². The van der Waals surface area contributed by atoms with Crippen LogP contribution in [0, 0.1) is 0 Å². The predicted octanol–water partition coefficient (Wildman–Crippen LogP) is 3.64. The van der Waals surface area contributed by atoms with Crippen molar-refractivity contribution in [2.75, 3.05) is 27.4 Å². The van der Waals surface area contributed by atoms with Crippen molar-refractivity contribution in [3.8, 4) is 17.2 Å². The predicted molar refractivity (Wildman–Crippen MR) is 145 cm³/mol. The number of aromatic nitrogens is 2. The molecule has 3 aromatic rings. The van der Waals surface area contributed by atoms with Crippen molar-refractivity contribution in [2.24, 2.45) is 5.73 Å². The third kappa shape index (κ3) is 10.4. The van der Waals surface area contributed by atoms with Gasteiger partial charge in [0.25, 0.3) is 0 Å². The van der Waals surface area contributed by atoms with E-state index >= 15 is 0 Å². The average molecular weight is 553 g/mol. The number of H-pyrrole nitrogens is 1. The summed E-state index contributed by atoms with van der Waals surface area (Å²) in [6.45, 7) is 0.0570. The number of rotatable bonds is 11. The maximum Gasteiger partial charge on any atom is 0.513 e. The number of carbonyl (C=O) groups is 2. The number of carbonyl (C=O) groups excluding carboxylic acids is 2. The molecule has 1 aromatic heterocycles. The fraction of sp³-hybridized carbons (Fsp3) is 0.240. The number of hydrogen-bond acceptors (Lipinski definition) is 8. The lowest BCUT2D eigenvalue weighted by atomic mass is 10.1. The Labute approximate surface area is 227 Å². The van der Waals surface area contributed by atoms with Crippen LogP contribution in [0.5, 0.6) is 17.2 Å². The molecule has 0 fully saturated rings. The van der Waals surface area contributed by atoms with Crippen LogP contribution in [-0.4, -0.2) is 55.4 Å². The van der Waals surface area contributed by atoms with E-state index < -0.39 is 12.2 Å². The quantitative estimate of drug-likeness (QED) is 0.142. The summed E-state index contributed by atoms with van der Waals surface area (Å²) in [7, 11) is 3.20. The lowest BCUT2D eigenvalue weighted by Gasteiger charge is -2.11. The van der Waals surface area contributed by atoms with Gasteiger partial charge < -0.3 is 35.0 Å². The maximum absolute atomic E-state index is 12.0. The lowest BCUT2D eigenvalue weighted by molar-refractivity contribution is -0.122. The molecule has 10 nitrogen and oxygen atoms in total. The number of ether oxygens (including phenoxy) is 4. The molecule has 1 heterocycles. The number of nitrogens with zero attached hydrogens (tertiary/aromatic N) is 1. The maximum atomic E-state index is 12.0. The Morgan fingerprint density at radius 1 is 1.00 bits per heavy atom. The van der Waals surface area contributed by atoms with E-state index in [1.165, 1.54) is 0 Å². The third-order valence-electron chi connectivity index (χ3n) is 4.85. The number of methoxy groups -OCH3 is 2. The van der Waals surface area contributed by atoms with Crippen LogP contribution in [0.25, 0.3) is 12.2 Å². The molecule has 0 saturated carbocycles. The minimum atomic E-state index is -0.870. The highest BCUT2D eigenvalue weighted by Gasteiger charge is 2.15. The van der Waals surface area contributed by atoms with Crippen molar-refractivity contribution in [3.05, 3.63) is 71.8 Å². The number of benzene rings is 2. The van der Waals surface area contributed by atoms with Gasteiger partial charge in [-0.15, -0.1) is 24.8 Å². The summed E-state index contributed by atoms with van der Waals surface area (Å²) in [6, 6.07) is 11.7. The Morgan fingerprint density at radius 3 is 2.24 bits per heavy atom. The molecule has 3 rings (SSSR count). The number of nitrogens with two attached hydrogens (primary N) is 1. The van der Waals surface area contributed by atoms with E-state index in [9.17, 15) is 9.59 Å². The van der Waals surface area contributed by atoms with Crippen LogP contribution in [0.4, 0.5) is 4.79 Å². The van der Waals surface area contributed by atoms with Crippen LogP contribution >= 0.6 is 24.8 Å². The molecule has 0 radical (unpaired) electrons. The van der Waals surface area contributed by atoms with Crippen LogP contribution in [0.15, 0.2) is 54.9 Å². The van der Waals surface area contributed by atoms with E-state index in [2.05, 4.69) is 15.3 Å². The van der Waals surface area contributed by atoms with E-state index in [1.54, 1.807) is 56.9 Å². The highest BCUT2D eigenvalue weighted by molar-refractivity contribution is 5.85. The zero-order chi connectivity index (χ0) is 25.0. The van der Waals surface area contributed by atoms with Gasteiger partial charge in [0.15, 0.2) is 0 Å². The molecule has 2 aromatic carbocycles. The summed E-state index contributed by atoms with van der Waals surface area (Å²) in [5, 5.41) is 2.60. The summed E-state index contributed by atoms with van der Waals surface area (Å²) < 4.78 is 20.7. The summed E-state index contributed by atoms with van der Waals surface area (Å²) in [5.41, 5.74) is 7.64. The van der Waals surface area contributed by atoms with Gasteiger partial charge in [-0.2, -0.15) is 0 Å². The van der Waals surface area contributed by atoms with Crippen LogP contribution in [-0.2, 0) is 16.0 Å². The minimum absolute atomic E-state index is 0. The minimum Gasteiger partial charge on any atom is -0.497 e. The summed E-state index contributed by atoms with van der Waals surface area (Å²) >= 11 is 0. The Morgan fingerprint density at radius 2 is 1.65 bits per heavy atom. The smallest absolute Gasteiger partial charge is 0.497 e. The second-order valence-electron chi connectivity index (χ2n) is 7.39. The fourth-order valence-corrected chi connectivity index (χ4v) is 3.04. The number of amides is 1. The van der Waals surface area contributed by atoms with Gasteiger partial charge in [0.2, 0.25) is 5.91 Å².